The summed E-state index contributed by atoms with van der Waals surface area (Å²) in [6.07, 6.45) is 5.76. The molecular formula is C12H24ClN3O2. The molecule has 5 N–H and O–H groups in total. The summed E-state index contributed by atoms with van der Waals surface area (Å²) in [6, 6.07) is -0.817. The van der Waals surface area contributed by atoms with Crippen LogP contribution in [0.15, 0.2) is 0 Å². The molecule has 0 saturated heterocycles. The van der Waals surface area contributed by atoms with E-state index in [9.17, 15) is 9.59 Å². The Morgan fingerprint density at radius 3 is 2.33 bits per heavy atom. The maximum atomic E-state index is 11.6. The molecule has 1 aliphatic carbocycles. The van der Waals surface area contributed by atoms with Gasteiger partial charge < -0.3 is 16.8 Å². The van der Waals surface area contributed by atoms with Crippen molar-refractivity contribution in [1.82, 2.24) is 5.32 Å². The summed E-state index contributed by atoms with van der Waals surface area (Å²) in [7, 11) is 0. The van der Waals surface area contributed by atoms with E-state index < -0.39 is 11.9 Å². The van der Waals surface area contributed by atoms with E-state index in [-0.39, 0.29) is 30.2 Å². The molecule has 1 unspecified atom stereocenters. The van der Waals surface area contributed by atoms with Crippen LogP contribution in [0.5, 0.6) is 0 Å². The minimum absolute atomic E-state index is 0. The van der Waals surface area contributed by atoms with Crippen LogP contribution in [0, 0.1) is 5.41 Å². The van der Waals surface area contributed by atoms with Crippen molar-refractivity contribution in [3.63, 3.8) is 0 Å². The molecule has 1 fully saturated rings. The largest absolute Gasteiger partial charge is 0.370 e. The van der Waals surface area contributed by atoms with Crippen LogP contribution in [0.3, 0.4) is 0 Å². The average molecular weight is 278 g/mol. The first-order valence-corrected chi connectivity index (χ1v) is 6.31. The summed E-state index contributed by atoms with van der Waals surface area (Å²) in [4.78, 5) is 22.3. The predicted octanol–water partition coefficient (Wildman–Crippen LogP) is 0.697. The van der Waals surface area contributed by atoms with Crippen molar-refractivity contribution in [2.45, 2.75) is 51.5 Å². The van der Waals surface area contributed by atoms with Gasteiger partial charge in [-0.1, -0.05) is 19.8 Å². The van der Waals surface area contributed by atoms with Crippen molar-refractivity contribution in [3.8, 4) is 0 Å². The standard InChI is InChI=1S/C12H23N3O2.ClH/c1-2-12(5-3-4-6-12)8-15-11(17)9(13)7-10(14)16;/h9H,2-8,13H2,1H3,(H2,14,16)(H,15,17);1H. The monoisotopic (exact) mass is 277 g/mol. The minimum Gasteiger partial charge on any atom is -0.370 e. The molecule has 106 valence electrons. The molecule has 0 aromatic rings. The molecule has 6 heteroatoms. The number of carbonyl (C=O) groups excluding carboxylic acids is 2. The zero-order chi connectivity index (χ0) is 12.9. The Bertz CT molecular complexity index is 291. The summed E-state index contributed by atoms with van der Waals surface area (Å²) in [5, 5.41) is 2.85. The minimum atomic E-state index is -0.817. The Morgan fingerprint density at radius 2 is 1.89 bits per heavy atom. The normalized spacial score (nSPS) is 18.8. The van der Waals surface area contributed by atoms with E-state index in [1.54, 1.807) is 0 Å². The Labute approximate surface area is 114 Å². The molecule has 0 aromatic heterocycles. The van der Waals surface area contributed by atoms with Crippen molar-refractivity contribution < 1.29 is 9.59 Å². The molecule has 1 rings (SSSR count). The Hall–Kier alpha value is -0.810. The van der Waals surface area contributed by atoms with Gasteiger partial charge in [-0.3, -0.25) is 9.59 Å². The third-order valence-corrected chi connectivity index (χ3v) is 3.81. The third-order valence-electron chi connectivity index (χ3n) is 3.81. The fourth-order valence-corrected chi connectivity index (χ4v) is 2.50. The van der Waals surface area contributed by atoms with Crippen molar-refractivity contribution in [3.05, 3.63) is 0 Å². The summed E-state index contributed by atoms with van der Waals surface area (Å²) in [5.74, 6) is -0.817. The molecule has 0 aromatic carbocycles. The Balaban J connectivity index is 0.00000289. The number of nitrogens with one attached hydrogen (secondary N) is 1. The number of halogens is 1. The Morgan fingerprint density at radius 1 is 1.33 bits per heavy atom. The highest BCUT2D eigenvalue weighted by atomic mass is 35.5. The maximum Gasteiger partial charge on any atom is 0.237 e. The second kappa shape index (κ2) is 7.59. The van der Waals surface area contributed by atoms with Crippen molar-refractivity contribution in [1.29, 1.82) is 0 Å². The van der Waals surface area contributed by atoms with Gasteiger partial charge in [0, 0.05) is 6.54 Å². The fraction of sp³-hybridized carbons (Fsp3) is 0.833. The van der Waals surface area contributed by atoms with Crippen molar-refractivity contribution >= 4 is 24.2 Å². The SMILES string of the molecule is CCC1(CNC(=O)C(N)CC(N)=O)CCCC1.Cl. The number of hydrogen-bond donors (Lipinski definition) is 3. The quantitative estimate of drug-likeness (QED) is 0.666. The summed E-state index contributed by atoms with van der Waals surface area (Å²) in [5.41, 5.74) is 10.8. The summed E-state index contributed by atoms with van der Waals surface area (Å²) in [6.45, 7) is 2.82. The summed E-state index contributed by atoms with van der Waals surface area (Å²) < 4.78 is 0. The van der Waals surface area contributed by atoms with Gasteiger partial charge in [-0.15, -0.1) is 12.4 Å². The second-order valence-corrected chi connectivity index (χ2v) is 5.06. The van der Waals surface area contributed by atoms with Crippen LogP contribution in [0.25, 0.3) is 0 Å². The molecule has 0 spiro atoms. The van der Waals surface area contributed by atoms with E-state index in [2.05, 4.69) is 12.2 Å². The van der Waals surface area contributed by atoms with Crippen LogP contribution in [0.2, 0.25) is 0 Å². The van der Waals surface area contributed by atoms with Gasteiger partial charge in [-0.25, -0.2) is 0 Å². The molecule has 5 nitrogen and oxygen atoms in total. The fourth-order valence-electron chi connectivity index (χ4n) is 2.50. The van der Waals surface area contributed by atoms with Crippen LogP contribution in [-0.2, 0) is 9.59 Å². The lowest BCUT2D eigenvalue weighted by Crippen LogP contribution is -2.46. The molecule has 0 heterocycles. The lowest BCUT2D eigenvalue weighted by molar-refractivity contribution is -0.126. The van der Waals surface area contributed by atoms with E-state index in [0.29, 0.717) is 6.54 Å². The smallest absolute Gasteiger partial charge is 0.237 e. The highest BCUT2D eigenvalue weighted by molar-refractivity contribution is 5.87. The molecular weight excluding hydrogens is 254 g/mol. The highest BCUT2D eigenvalue weighted by Gasteiger charge is 2.32. The van der Waals surface area contributed by atoms with Gasteiger partial charge in [0.2, 0.25) is 11.8 Å². The van der Waals surface area contributed by atoms with Crippen LogP contribution in [-0.4, -0.2) is 24.4 Å². The number of nitrogens with two attached hydrogens (primary N) is 2. The zero-order valence-corrected chi connectivity index (χ0v) is 11.7. The zero-order valence-electron chi connectivity index (χ0n) is 10.9. The van der Waals surface area contributed by atoms with Crippen molar-refractivity contribution in [2.75, 3.05) is 6.54 Å². The molecule has 2 amide bonds. The van der Waals surface area contributed by atoms with E-state index in [1.807, 2.05) is 0 Å². The first kappa shape index (κ1) is 17.2. The van der Waals surface area contributed by atoms with Gasteiger partial charge in [-0.2, -0.15) is 0 Å². The van der Waals surface area contributed by atoms with Gasteiger partial charge >= 0.3 is 0 Å². The lowest BCUT2D eigenvalue weighted by Gasteiger charge is -2.28. The van der Waals surface area contributed by atoms with Gasteiger partial charge in [0.15, 0.2) is 0 Å². The maximum absolute atomic E-state index is 11.6. The first-order chi connectivity index (χ1) is 7.99. The van der Waals surface area contributed by atoms with Crippen LogP contribution in [0.1, 0.15) is 45.4 Å². The molecule has 0 bridgehead atoms. The number of amides is 2. The van der Waals surface area contributed by atoms with Crippen LogP contribution in [0.4, 0.5) is 0 Å². The van der Waals surface area contributed by atoms with Crippen LogP contribution < -0.4 is 16.8 Å². The predicted molar refractivity (Wildman–Crippen MR) is 73.2 cm³/mol. The van der Waals surface area contributed by atoms with E-state index in [4.69, 9.17) is 11.5 Å². The van der Waals surface area contributed by atoms with Crippen LogP contribution >= 0.6 is 12.4 Å². The number of rotatable bonds is 6. The van der Waals surface area contributed by atoms with Gasteiger partial charge in [-0.05, 0) is 24.7 Å². The molecule has 0 radical (unpaired) electrons. The highest BCUT2D eigenvalue weighted by Crippen LogP contribution is 2.40. The van der Waals surface area contributed by atoms with Gasteiger partial charge in [0.1, 0.15) is 0 Å². The molecule has 1 saturated carbocycles. The summed E-state index contributed by atoms with van der Waals surface area (Å²) >= 11 is 0. The average Bonchev–Trinajstić information content (AvgIpc) is 2.74. The number of carbonyl (C=O) groups is 2. The van der Waals surface area contributed by atoms with Gasteiger partial charge in [0.25, 0.3) is 0 Å². The van der Waals surface area contributed by atoms with E-state index >= 15 is 0 Å². The first-order valence-electron chi connectivity index (χ1n) is 6.31. The van der Waals surface area contributed by atoms with Crippen molar-refractivity contribution in [2.24, 2.45) is 16.9 Å². The number of primary amides is 1. The number of hydrogen-bond acceptors (Lipinski definition) is 3. The molecule has 1 atom stereocenters. The molecule has 1 aliphatic rings. The third kappa shape index (κ3) is 4.82. The van der Waals surface area contributed by atoms with Gasteiger partial charge in [0.05, 0.1) is 12.5 Å². The topological polar surface area (TPSA) is 98.2 Å². The second-order valence-electron chi connectivity index (χ2n) is 5.06. The molecule has 18 heavy (non-hydrogen) atoms. The Kier molecular flexibility index (Phi) is 7.25. The van der Waals surface area contributed by atoms with E-state index in [0.717, 1.165) is 19.3 Å². The van der Waals surface area contributed by atoms with E-state index in [1.165, 1.54) is 12.8 Å². The lowest BCUT2D eigenvalue weighted by atomic mass is 9.83. The molecule has 0 aliphatic heterocycles.